The number of methoxy groups -OCH3 is 2. The van der Waals surface area contributed by atoms with Crippen molar-refractivity contribution in [1.29, 1.82) is 0 Å². The molecule has 0 amide bonds. The molecule has 0 bridgehead atoms. The number of carbonyl (C=O) groups excluding carboxylic acids is 1. The Morgan fingerprint density at radius 1 is 1.57 bits per heavy atom. The lowest BCUT2D eigenvalue weighted by molar-refractivity contribution is -0.139. The van der Waals surface area contributed by atoms with Gasteiger partial charge in [-0.3, -0.25) is 9.78 Å². The van der Waals surface area contributed by atoms with Gasteiger partial charge in [0.25, 0.3) is 0 Å². The van der Waals surface area contributed by atoms with Crippen molar-refractivity contribution in [1.82, 2.24) is 4.98 Å². The molecule has 0 aliphatic carbocycles. The summed E-state index contributed by atoms with van der Waals surface area (Å²) in [5.41, 5.74) is 0.643. The van der Waals surface area contributed by atoms with E-state index in [2.05, 4.69) is 25.7 Å². The van der Waals surface area contributed by atoms with Crippen LogP contribution in [0.25, 0.3) is 0 Å². The fourth-order valence-electron chi connectivity index (χ4n) is 0.925. The van der Waals surface area contributed by atoms with Crippen LogP contribution < -0.4 is 4.74 Å². The second-order valence-electron chi connectivity index (χ2n) is 2.56. The van der Waals surface area contributed by atoms with Crippen LogP contribution in [0.4, 0.5) is 0 Å². The highest BCUT2D eigenvalue weighted by atomic mass is 79.9. The highest BCUT2D eigenvalue weighted by Crippen LogP contribution is 2.23. The highest BCUT2D eigenvalue weighted by molar-refractivity contribution is 9.10. The summed E-state index contributed by atoms with van der Waals surface area (Å²) in [4.78, 5) is 15.0. The Morgan fingerprint density at radius 2 is 2.29 bits per heavy atom. The van der Waals surface area contributed by atoms with E-state index in [0.29, 0.717) is 11.4 Å². The number of hydrogen-bond donors (Lipinski definition) is 0. The minimum Gasteiger partial charge on any atom is -0.494 e. The maximum absolute atomic E-state index is 10.9. The van der Waals surface area contributed by atoms with Gasteiger partial charge >= 0.3 is 5.97 Å². The van der Waals surface area contributed by atoms with Crippen LogP contribution in [0.15, 0.2) is 16.7 Å². The Kier molecular flexibility index (Phi) is 3.88. The van der Waals surface area contributed by atoms with Crippen LogP contribution in [-0.2, 0) is 16.0 Å². The number of aromatic nitrogens is 1. The number of halogens is 1. The number of nitrogens with zero attached hydrogens (tertiary/aromatic N) is 1. The molecule has 14 heavy (non-hydrogen) atoms. The van der Waals surface area contributed by atoms with Gasteiger partial charge in [-0.2, -0.15) is 0 Å². The largest absolute Gasteiger partial charge is 0.494 e. The Balaban J connectivity index is 2.81. The zero-order valence-corrected chi connectivity index (χ0v) is 9.50. The fraction of sp³-hybridized carbons (Fsp3) is 0.333. The van der Waals surface area contributed by atoms with Crippen LogP contribution in [-0.4, -0.2) is 25.2 Å². The molecular weight excluding hydrogens is 250 g/mol. The van der Waals surface area contributed by atoms with Crippen molar-refractivity contribution >= 4 is 21.9 Å². The maximum Gasteiger partial charge on any atom is 0.311 e. The van der Waals surface area contributed by atoms with Gasteiger partial charge < -0.3 is 9.47 Å². The van der Waals surface area contributed by atoms with Gasteiger partial charge in [0.1, 0.15) is 0 Å². The predicted octanol–water partition coefficient (Wildman–Crippen LogP) is 1.57. The highest BCUT2D eigenvalue weighted by Gasteiger charge is 2.07. The van der Waals surface area contributed by atoms with Crippen molar-refractivity contribution in [2.75, 3.05) is 14.2 Å². The van der Waals surface area contributed by atoms with Crippen LogP contribution in [0.5, 0.6) is 5.75 Å². The Bertz CT molecular complexity index is 341. The minimum atomic E-state index is -0.311. The molecule has 5 heteroatoms. The Hall–Kier alpha value is -1.10. The van der Waals surface area contributed by atoms with Gasteiger partial charge in [0.15, 0.2) is 5.75 Å². The molecule has 0 unspecified atom stereocenters. The fourth-order valence-corrected chi connectivity index (χ4v) is 1.45. The van der Waals surface area contributed by atoms with Crippen LogP contribution in [0.2, 0.25) is 0 Å². The van der Waals surface area contributed by atoms with Crippen molar-refractivity contribution in [3.8, 4) is 5.75 Å². The van der Waals surface area contributed by atoms with E-state index in [1.165, 1.54) is 7.11 Å². The molecule has 4 nitrogen and oxygen atoms in total. The molecule has 1 aromatic heterocycles. The molecule has 1 heterocycles. The average molecular weight is 260 g/mol. The molecule has 0 N–H and O–H groups in total. The van der Waals surface area contributed by atoms with Crippen molar-refractivity contribution < 1.29 is 14.3 Å². The van der Waals surface area contributed by atoms with E-state index in [1.54, 1.807) is 19.4 Å². The molecule has 76 valence electrons. The molecule has 0 aliphatic rings. The molecule has 0 fully saturated rings. The van der Waals surface area contributed by atoms with Gasteiger partial charge in [0.05, 0.1) is 37.0 Å². The summed E-state index contributed by atoms with van der Waals surface area (Å²) in [5, 5.41) is 0. The van der Waals surface area contributed by atoms with E-state index < -0.39 is 0 Å². The number of esters is 1. The lowest BCUT2D eigenvalue weighted by Crippen LogP contribution is -2.06. The Morgan fingerprint density at radius 3 is 2.79 bits per heavy atom. The standard InChI is InChI=1S/C9H10BrNO3/c1-13-8-5-11-6(3-7(8)10)4-9(12)14-2/h3,5H,4H2,1-2H3. The van der Waals surface area contributed by atoms with Crippen LogP contribution in [0.3, 0.4) is 0 Å². The van der Waals surface area contributed by atoms with Crippen LogP contribution >= 0.6 is 15.9 Å². The van der Waals surface area contributed by atoms with Crippen molar-refractivity contribution in [3.63, 3.8) is 0 Å². The first-order chi connectivity index (χ1) is 6.67. The third kappa shape index (κ3) is 2.70. The smallest absolute Gasteiger partial charge is 0.311 e. The minimum absolute atomic E-state index is 0.166. The molecule has 0 aromatic carbocycles. The van der Waals surface area contributed by atoms with E-state index in [0.717, 1.165) is 4.47 Å². The van der Waals surface area contributed by atoms with E-state index in [9.17, 15) is 4.79 Å². The Labute approximate surface area is 90.4 Å². The molecule has 0 saturated carbocycles. The van der Waals surface area contributed by atoms with Crippen LogP contribution in [0, 0.1) is 0 Å². The van der Waals surface area contributed by atoms with Crippen molar-refractivity contribution in [2.45, 2.75) is 6.42 Å². The zero-order valence-electron chi connectivity index (χ0n) is 7.91. The summed E-state index contributed by atoms with van der Waals surface area (Å²) in [6, 6.07) is 1.73. The van der Waals surface area contributed by atoms with Gasteiger partial charge in [0, 0.05) is 0 Å². The van der Waals surface area contributed by atoms with Gasteiger partial charge in [-0.25, -0.2) is 0 Å². The molecule has 0 atom stereocenters. The summed E-state index contributed by atoms with van der Waals surface area (Å²) >= 11 is 3.30. The van der Waals surface area contributed by atoms with Crippen LogP contribution in [0.1, 0.15) is 5.69 Å². The summed E-state index contributed by atoms with van der Waals surface area (Å²) in [5.74, 6) is 0.327. The molecular formula is C9H10BrNO3. The first-order valence-corrected chi connectivity index (χ1v) is 4.72. The summed E-state index contributed by atoms with van der Waals surface area (Å²) < 4.78 is 10.3. The zero-order chi connectivity index (χ0) is 10.6. The third-order valence-electron chi connectivity index (χ3n) is 1.65. The quantitative estimate of drug-likeness (QED) is 0.774. The molecule has 0 saturated heterocycles. The number of hydrogen-bond acceptors (Lipinski definition) is 4. The van der Waals surface area contributed by atoms with Crippen molar-refractivity contribution in [2.24, 2.45) is 0 Å². The number of carbonyl (C=O) groups is 1. The van der Waals surface area contributed by atoms with E-state index >= 15 is 0 Å². The normalized spacial score (nSPS) is 9.64. The lowest BCUT2D eigenvalue weighted by Gasteiger charge is -2.04. The monoisotopic (exact) mass is 259 g/mol. The average Bonchev–Trinajstić information content (AvgIpc) is 2.18. The lowest BCUT2D eigenvalue weighted by atomic mass is 10.3. The summed E-state index contributed by atoms with van der Waals surface area (Å²) in [6.45, 7) is 0. The molecule has 1 aromatic rings. The molecule has 0 radical (unpaired) electrons. The van der Waals surface area contributed by atoms with Crippen molar-refractivity contribution in [3.05, 3.63) is 22.4 Å². The second kappa shape index (κ2) is 4.95. The molecule has 0 aliphatic heterocycles. The van der Waals surface area contributed by atoms with Gasteiger partial charge in [-0.1, -0.05) is 0 Å². The topological polar surface area (TPSA) is 48.4 Å². The third-order valence-corrected chi connectivity index (χ3v) is 2.27. The second-order valence-corrected chi connectivity index (χ2v) is 3.42. The molecule has 1 rings (SSSR count). The van der Waals surface area contributed by atoms with Gasteiger partial charge in [0.2, 0.25) is 0 Å². The van der Waals surface area contributed by atoms with E-state index in [4.69, 9.17) is 4.74 Å². The SMILES string of the molecule is COC(=O)Cc1cc(Br)c(OC)cn1. The predicted molar refractivity (Wildman–Crippen MR) is 54.2 cm³/mol. The summed E-state index contributed by atoms with van der Waals surface area (Å²) in [6.07, 6.45) is 1.72. The first kappa shape index (κ1) is 11.0. The van der Waals surface area contributed by atoms with E-state index in [1.807, 2.05) is 0 Å². The number of pyridine rings is 1. The number of rotatable bonds is 3. The number of ether oxygens (including phenoxy) is 2. The molecule has 0 spiro atoms. The van der Waals surface area contributed by atoms with E-state index in [-0.39, 0.29) is 12.4 Å². The van der Waals surface area contributed by atoms with Gasteiger partial charge in [-0.05, 0) is 22.0 Å². The van der Waals surface area contributed by atoms with Gasteiger partial charge in [-0.15, -0.1) is 0 Å². The maximum atomic E-state index is 10.9. The summed E-state index contributed by atoms with van der Waals surface area (Å²) in [7, 11) is 2.91. The first-order valence-electron chi connectivity index (χ1n) is 3.92.